The standard InChI is InChI=1S/C18H23BrN2/c1-3-21(17-6-4-5-14(2)13-17)12-11-18(20)15-7-9-16(19)10-8-15/h4-10,13,18H,3,11-12,20H2,1-2H3. The summed E-state index contributed by atoms with van der Waals surface area (Å²) in [6.07, 6.45) is 0.948. The molecule has 0 saturated carbocycles. The minimum atomic E-state index is 0.0805. The van der Waals surface area contributed by atoms with Crippen molar-refractivity contribution in [1.82, 2.24) is 0 Å². The van der Waals surface area contributed by atoms with Crippen molar-refractivity contribution in [2.24, 2.45) is 5.73 Å². The van der Waals surface area contributed by atoms with E-state index in [9.17, 15) is 0 Å². The number of hydrogen-bond donors (Lipinski definition) is 1. The first-order valence-corrected chi connectivity index (χ1v) is 8.22. The van der Waals surface area contributed by atoms with Gasteiger partial charge in [-0.1, -0.05) is 40.2 Å². The number of rotatable bonds is 6. The van der Waals surface area contributed by atoms with Crippen molar-refractivity contribution in [3.8, 4) is 0 Å². The van der Waals surface area contributed by atoms with Gasteiger partial charge in [0.15, 0.2) is 0 Å². The number of halogens is 1. The van der Waals surface area contributed by atoms with Gasteiger partial charge >= 0.3 is 0 Å². The van der Waals surface area contributed by atoms with Crippen LogP contribution in [-0.4, -0.2) is 13.1 Å². The third-order valence-electron chi connectivity index (χ3n) is 3.76. The monoisotopic (exact) mass is 346 g/mol. The number of aryl methyl sites for hydroxylation is 1. The Kier molecular flexibility index (Phi) is 5.83. The molecule has 0 radical (unpaired) electrons. The Morgan fingerprint density at radius 3 is 2.48 bits per heavy atom. The van der Waals surface area contributed by atoms with E-state index >= 15 is 0 Å². The second kappa shape index (κ2) is 7.62. The lowest BCUT2D eigenvalue weighted by molar-refractivity contribution is 0.632. The summed E-state index contributed by atoms with van der Waals surface area (Å²) in [5, 5.41) is 0. The third-order valence-corrected chi connectivity index (χ3v) is 4.29. The third kappa shape index (κ3) is 4.58. The second-order valence-corrected chi connectivity index (χ2v) is 6.28. The normalized spacial score (nSPS) is 12.2. The molecule has 0 heterocycles. The zero-order valence-electron chi connectivity index (χ0n) is 12.7. The van der Waals surface area contributed by atoms with Crippen molar-refractivity contribution in [2.45, 2.75) is 26.3 Å². The highest BCUT2D eigenvalue weighted by Gasteiger charge is 2.10. The summed E-state index contributed by atoms with van der Waals surface area (Å²) in [5.74, 6) is 0. The fourth-order valence-corrected chi connectivity index (χ4v) is 2.73. The maximum atomic E-state index is 6.31. The number of nitrogens with zero attached hydrogens (tertiary/aromatic N) is 1. The molecule has 2 aromatic rings. The van der Waals surface area contributed by atoms with E-state index < -0.39 is 0 Å². The highest BCUT2D eigenvalue weighted by Crippen LogP contribution is 2.20. The molecule has 0 aliphatic rings. The zero-order chi connectivity index (χ0) is 15.2. The maximum Gasteiger partial charge on any atom is 0.0368 e. The Balaban J connectivity index is 1.98. The van der Waals surface area contributed by atoms with Gasteiger partial charge in [-0.25, -0.2) is 0 Å². The molecule has 112 valence electrons. The van der Waals surface area contributed by atoms with Crippen molar-refractivity contribution in [2.75, 3.05) is 18.0 Å². The van der Waals surface area contributed by atoms with Gasteiger partial charge in [0.2, 0.25) is 0 Å². The number of anilines is 1. The van der Waals surface area contributed by atoms with Crippen LogP contribution in [0.5, 0.6) is 0 Å². The molecule has 0 fully saturated rings. The highest BCUT2D eigenvalue weighted by atomic mass is 79.9. The second-order valence-electron chi connectivity index (χ2n) is 5.37. The minimum absolute atomic E-state index is 0.0805. The lowest BCUT2D eigenvalue weighted by Crippen LogP contribution is -2.27. The minimum Gasteiger partial charge on any atom is -0.372 e. The molecule has 2 aromatic carbocycles. The maximum absolute atomic E-state index is 6.31. The van der Waals surface area contributed by atoms with Crippen LogP contribution in [0.2, 0.25) is 0 Å². The molecule has 0 aliphatic heterocycles. The smallest absolute Gasteiger partial charge is 0.0368 e. The molecule has 1 atom stereocenters. The van der Waals surface area contributed by atoms with E-state index in [1.807, 2.05) is 12.1 Å². The Bertz CT molecular complexity index is 566. The van der Waals surface area contributed by atoms with Crippen LogP contribution >= 0.6 is 15.9 Å². The molecule has 21 heavy (non-hydrogen) atoms. The fraction of sp³-hybridized carbons (Fsp3) is 0.333. The predicted octanol–water partition coefficient (Wildman–Crippen LogP) is 4.67. The lowest BCUT2D eigenvalue weighted by Gasteiger charge is -2.25. The summed E-state index contributed by atoms with van der Waals surface area (Å²) < 4.78 is 1.09. The Morgan fingerprint density at radius 1 is 1.14 bits per heavy atom. The van der Waals surface area contributed by atoms with E-state index in [4.69, 9.17) is 5.73 Å². The van der Waals surface area contributed by atoms with Gasteiger partial charge < -0.3 is 10.6 Å². The van der Waals surface area contributed by atoms with Crippen LogP contribution in [0.25, 0.3) is 0 Å². The molecule has 0 bridgehead atoms. The molecule has 1 unspecified atom stereocenters. The Morgan fingerprint density at radius 2 is 1.86 bits per heavy atom. The average molecular weight is 347 g/mol. The van der Waals surface area contributed by atoms with Crippen molar-refractivity contribution in [1.29, 1.82) is 0 Å². The number of hydrogen-bond acceptors (Lipinski definition) is 2. The topological polar surface area (TPSA) is 29.3 Å². The Labute approximate surface area is 136 Å². The first-order chi connectivity index (χ1) is 10.1. The molecule has 2 N–H and O–H groups in total. The van der Waals surface area contributed by atoms with E-state index in [1.54, 1.807) is 0 Å². The van der Waals surface area contributed by atoms with E-state index in [0.717, 1.165) is 24.0 Å². The molecular formula is C18H23BrN2. The molecule has 2 rings (SSSR count). The first-order valence-electron chi connectivity index (χ1n) is 7.43. The lowest BCUT2D eigenvalue weighted by atomic mass is 10.0. The molecule has 0 aromatic heterocycles. The highest BCUT2D eigenvalue weighted by molar-refractivity contribution is 9.10. The van der Waals surface area contributed by atoms with Crippen LogP contribution in [0.3, 0.4) is 0 Å². The Hall–Kier alpha value is -1.32. The molecule has 0 spiro atoms. The van der Waals surface area contributed by atoms with Gasteiger partial charge in [0.25, 0.3) is 0 Å². The fourth-order valence-electron chi connectivity index (χ4n) is 2.47. The van der Waals surface area contributed by atoms with Crippen LogP contribution in [0.4, 0.5) is 5.69 Å². The molecule has 0 aliphatic carbocycles. The zero-order valence-corrected chi connectivity index (χ0v) is 14.3. The summed E-state index contributed by atoms with van der Waals surface area (Å²) >= 11 is 3.46. The van der Waals surface area contributed by atoms with Crippen LogP contribution < -0.4 is 10.6 Å². The van der Waals surface area contributed by atoms with Gasteiger partial charge in [0, 0.05) is 29.3 Å². The largest absolute Gasteiger partial charge is 0.372 e. The van der Waals surface area contributed by atoms with E-state index in [-0.39, 0.29) is 6.04 Å². The van der Waals surface area contributed by atoms with Crippen molar-refractivity contribution < 1.29 is 0 Å². The van der Waals surface area contributed by atoms with Crippen LogP contribution in [0.15, 0.2) is 53.0 Å². The van der Waals surface area contributed by atoms with Crippen LogP contribution in [0.1, 0.15) is 30.5 Å². The molecule has 3 heteroatoms. The summed E-state index contributed by atoms with van der Waals surface area (Å²) in [6.45, 7) is 6.28. The van der Waals surface area contributed by atoms with Gasteiger partial charge in [0.1, 0.15) is 0 Å². The number of nitrogens with two attached hydrogens (primary N) is 1. The van der Waals surface area contributed by atoms with E-state index in [0.29, 0.717) is 0 Å². The SMILES string of the molecule is CCN(CCC(N)c1ccc(Br)cc1)c1cccc(C)c1. The van der Waals surface area contributed by atoms with Crippen LogP contribution in [-0.2, 0) is 0 Å². The molecular weight excluding hydrogens is 324 g/mol. The average Bonchev–Trinajstić information content (AvgIpc) is 2.48. The summed E-state index contributed by atoms with van der Waals surface area (Å²) in [7, 11) is 0. The molecule has 0 amide bonds. The van der Waals surface area contributed by atoms with Gasteiger partial charge in [0.05, 0.1) is 0 Å². The van der Waals surface area contributed by atoms with Crippen molar-refractivity contribution in [3.05, 3.63) is 64.1 Å². The molecule has 0 saturated heterocycles. The summed E-state index contributed by atoms with van der Waals surface area (Å²) in [5.41, 5.74) is 10.1. The van der Waals surface area contributed by atoms with Crippen molar-refractivity contribution in [3.63, 3.8) is 0 Å². The predicted molar refractivity (Wildman–Crippen MR) is 94.8 cm³/mol. The quantitative estimate of drug-likeness (QED) is 0.823. The van der Waals surface area contributed by atoms with Crippen LogP contribution in [0, 0.1) is 6.92 Å². The number of benzene rings is 2. The van der Waals surface area contributed by atoms with E-state index in [2.05, 4.69) is 71.1 Å². The summed E-state index contributed by atoms with van der Waals surface area (Å²) in [6, 6.07) is 17.0. The van der Waals surface area contributed by atoms with Gasteiger partial charge in [-0.2, -0.15) is 0 Å². The van der Waals surface area contributed by atoms with E-state index in [1.165, 1.54) is 16.8 Å². The van der Waals surface area contributed by atoms with Crippen molar-refractivity contribution >= 4 is 21.6 Å². The molecule has 2 nitrogen and oxygen atoms in total. The van der Waals surface area contributed by atoms with Gasteiger partial charge in [-0.15, -0.1) is 0 Å². The first kappa shape index (κ1) is 16.1. The van der Waals surface area contributed by atoms with Gasteiger partial charge in [-0.05, 0) is 55.7 Å². The summed E-state index contributed by atoms with van der Waals surface area (Å²) in [4.78, 5) is 2.38. The van der Waals surface area contributed by atoms with Gasteiger partial charge in [-0.3, -0.25) is 0 Å².